The quantitative estimate of drug-likeness (QED) is 0.209. The number of methoxy groups -OCH3 is 1. The fourth-order valence-corrected chi connectivity index (χ4v) is 4.10. The summed E-state index contributed by atoms with van der Waals surface area (Å²) in [4.78, 5) is 37.7. The number of ether oxygens (including phenoxy) is 1. The zero-order valence-electron chi connectivity index (χ0n) is 21.0. The third-order valence-corrected chi connectivity index (χ3v) is 6.15. The second-order valence-electron chi connectivity index (χ2n) is 8.37. The first kappa shape index (κ1) is 28.3. The molecule has 0 aliphatic heterocycles. The number of halogens is 2. The molecular formula is C27H23Cl2N7O4. The first-order valence-corrected chi connectivity index (χ1v) is 12.6. The van der Waals surface area contributed by atoms with Crippen LogP contribution in [0.1, 0.15) is 11.1 Å². The Hall–Kier alpha value is -4.74. The maximum Gasteiger partial charge on any atom is 0.411 e. The van der Waals surface area contributed by atoms with E-state index in [-0.39, 0.29) is 11.4 Å². The van der Waals surface area contributed by atoms with Gasteiger partial charge in [0, 0.05) is 28.8 Å². The van der Waals surface area contributed by atoms with Gasteiger partial charge >= 0.3 is 6.09 Å². The van der Waals surface area contributed by atoms with E-state index in [4.69, 9.17) is 23.2 Å². The van der Waals surface area contributed by atoms with Crippen LogP contribution in [0.2, 0.25) is 10.0 Å². The van der Waals surface area contributed by atoms with Gasteiger partial charge in [-0.3, -0.25) is 14.9 Å². The van der Waals surface area contributed by atoms with Gasteiger partial charge in [0.2, 0.25) is 11.8 Å². The smallest absolute Gasteiger partial charge is 0.411 e. The minimum absolute atomic E-state index is 0.183. The summed E-state index contributed by atoms with van der Waals surface area (Å²) >= 11 is 12.5. The molecule has 0 spiro atoms. The minimum atomic E-state index is -0.944. The summed E-state index contributed by atoms with van der Waals surface area (Å²) in [6, 6.07) is 17.9. The number of hydrogen-bond acceptors (Lipinski definition) is 7. The van der Waals surface area contributed by atoms with E-state index in [9.17, 15) is 14.4 Å². The van der Waals surface area contributed by atoms with Crippen LogP contribution in [0.5, 0.6) is 0 Å². The van der Waals surface area contributed by atoms with Crippen molar-refractivity contribution in [3.8, 4) is 11.4 Å². The van der Waals surface area contributed by atoms with Gasteiger partial charge in [0.1, 0.15) is 6.04 Å². The summed E-state index contributed by atoms with van der Waals surface area (Å²) in [7, 11) is 1.24. The lowest BCUT2D eigenvalue weighted by Crippen LogP contribution is -2.44. The molecule has 0 saturated carbocycles. The van der Waals surface area contributed by atoms with Gasteiger partial charge in [-0.25, -0.2) is 9.89 Å². The highest BCUT2D eigenvalue weighted by atomic mass is 35.5. The van der Waals surface area contributed by atoms with Gasteiger partial charge in [-0.05, 0) is 64.0 Å². The first-order valence-electron chi connectivity index (χ1n) is 11.8. The van der Waals surface area contributed by atoms with Crippen molar-refractivity contribution < 1.29 is 19.1 Å². The fourth-order valence-electron chi connectivity index (χ4n) is 3.69. The predicted octanol–water partition coefficient (Wildman–Crippen LogP) is 4.73. The van der Waals surface area contributed by atoms with Crippen LogP contribution in [-0.4, -0.2) is 51.7 Å². The molecule has 1 atom stereocenters. The van der Waals surface area contributed by atoms with Crippen LogP contribution in [0, 0.1) is 0 Å². The number of hydrogen-bond donors (Lipinski definition) is 4. The van der Waals surface area contributed by atoms with Crippen LogP contribution < -0.4 is 16.0 Å². The summed E-state index contributed by atoms with van der Waals surface area (Å²) in [5.41, 5.74) is 2.75. The number of H-pyrrole nitrogens is 1. The molecule has 11 nitrogen and oxygen atoms in total. The van der Waals surface area contributed by atoms with Crippen molar-refractivity contribution in [2.45, 2.75) is 12.5 Å². The lowest BCUT2D eigenvalue weighted by Gasteiger charge is -2.19. The number of tetrazole rings is 1. The molecule has 1 heterocycles. The molecule has 4 N–H and O–H groups in total. The van der Waals surface area contributed by atoms with Crippen LogP contribution in [0.3, 0.4) is 0 Å². The Morgan fingerprint density at radius 3 is 2.52 bits per heavy atom. The topological polar surface area (TPSA) is 151 Å². The second kappa shape index (κ2) is 13.4. The third-order valence-electron chi connectivity index (χ3n) is 5.60. The van der Waals surface area contributed by atoms with Crippen molar-refractivity contribution in [3.63, 3.8) is 0 Å². The molecule has 0 saturated heterocycles. The average molecular weight is 580 g/mol. The predicted molar refractivity (Wildman–Crippen MR) is 152 cm³/mol. The summed E-state index contributed by atoms with van der Waals surface area (Å²) < 4.78 is 4.57. The second-order valence-corrected chi connectivity index (χ2v) is 9.21. The molecule has 3 aromatic carbocycles. The number of aromatic nitrogens is 4. The van der Waals surface area contributed by atoms with Crippen molar-refractivity contribution in [3.05, 3.63) is 94.0 Å². The van der Waals surface area contributed by atoms with Gasteiger partial charge < -0.3 is 15.4 Å². The number of carbonyl (C=O) groups excluding carboxylic acids is 3. The monoisotopic (exact) mass is 579 g/mol. The van der Waals surface area contributed by atoms with Crippen LogP contribution in [-0.2, 0) is 20.7 Å². The van der Waals surface area contributed by atoms with E-state index in [1.165, 1.54) is 25.3 Å². The van der Waals surface area contributed by atoms with Crippen LogP contribution >= 0.6 is 23.2 Å². The molecule has 0 unspecified atom stereocenters. The SMILES string of the molecule is COC(=O)Nc1ccc(NC(=O)[C@H](Cc2ccccc2)NC(=O)/C=C/c2cc(Cl)ccc2-c2nnn[nH]2)c(Cl)c1. The number of anilines is 2. The fraction of sp³-hybridized carbons (Fsp3) is 0.111. The number of rotatable bonds is 9. The number of amides is 3. The van der Waals surface area contributed by atoms with E-state index in [0.717, 1.165) is 5.56 Å². The normalized spacial score (nSPS) is 11.6. The molecule has 4 rings (SSSR count). The molecule has 1 aromatic heterocycles. The first-order chi connectivity index (χ1) is 19.3. The number of benzene rings is 3. The van der Waals surface area contributed by atoms with E-state index in [1.807, 2.05) is 30.3 Å². The van der Waals surface area contributed by atoms with Crippen LogP contribution in [0.4, 0.5) is 16.2 Å². The van der Waals surface area contributed by atoms with Gasteiger partial charge in [0.05, 0.1) is 17.8 Å². The number of nitrogens with one attached hydrogen (secondary N) is 4. The van der Waals surface area contributed by atoms with Gasteiger partial charge in [-0.1, -0.05) is 53.5 Å². The molecular weight excluding hydrogens is 557 g/mol. The molecule has 13 heteroatoms. The molecule has 204 valence electrons. The highest BCUT2D eigenvalue weighted by Crippen LogP contribution is 2.26. The van der Waals surface area contributed by atoms with Crippen molar-refractivity contribution in [2.75, 3.05) is 17.7 Å². The van der Waals surface area contributed by atoms with E-state index < -0.39 is 23.9 Å². The van der Waals surface area contributed by atoms with E-state index in [1.54, 1.807) is 30.3 Å². The third kappa shape index (κ3) is 7.65. The minimum Gasteiger partial charge on any atom is -0.453 e. The van der Waals surface area contributed by atoms with Crippen LogP contribution in [0.15, 0.2) is 72.8 Å². The molecule has 40 heavy (non-hydrogen) atoms. The summed E-state index contributed by atoms with van der Waals surface area (Å²) in [6.07, 6.45) is 2.41. The Morgan fingerprint density at radius 2 is 1.82 bits per heavy atom. The van der Waals surface area contributed by atoms with Crippen molar-refractivity contribution in [2.24, 2.45) is 0 Å². The Labute approximate surface area is 238 Å². The molecule has 0 fully saturated rings. The van der Waals surface area contributed by atoms with Gasteiger partial charge in [-0.15, -0.1) is 5.10 Å². The number of nitrogens with zero attached hydrogens (tertiary/aromatic N) is 3. The summed E-state index contributed by atoms with van der Waals surface area (Å²) in [5, 5.41) is 22.4. The molecule has 0 radical (unpaired) electrons. The zero-order valence-corrected chi connectivity index (χ0v) is 22.5. The summed E-state index contributed by atoms with van der Waals surface area (Å²) in [6.45, 7) is 0. The largest absolute Gasteiger partial charge is 0.453 e. The summed E-state index contributed by atoms with van der Waals surface area (Å²) in [5.74, 6) is -0.596. The average Bonchev–Trinajstić information content (AvgIpc) is 3.48. The number of carbonyl (C=O) groups is 3. The lowest BCUT2D eigenvalue weighted by atomic mass is 10.0. The van der Waals surface area contributed by atoms with E-state index in [0.29, 0.717) is 33.3 Å². The Kier molecular flexibility index (Phi) is 9.44. The maximum absolute atomic E-state index is 13.3. The van der Waals surface area contributed by atoms with Crippen LogP contribution in [0.25, 0.3) is 17.5 Å². The maximum atomic E-state index is 13.3. The molecule has 4 aromatic rings. The Morgan fingerprint density at radius 1 is 1.02 bits per heavy atom. The molecule has 0 aliphatic carbocycles. The molecule has 3 amide bonds. The van der Waals surface area contributed by atoms with Crippen molar-refractivity contribution in [1.82, 2.24) is 25.9 Å². The van der Waals surface area contributed by atoms with Gasteiger partial charge in [0.25, 0.3) is 0 Å². The van der Waals surface area contributed by atoms with Gasteiger partial charge in [-0.2, -0.15) is 0 Å². The van der Waals surface area contributed by atoms with Crippen molar-refractivity contribution >= 4 is 58.6 Å². The standard InChI is InChI=1S/C27H23Cl2N7O4/c1-40-27(39)30-19-9-11-22(21(29)15-19)32-26(38)23(13-16-5-3-2-4-6-16)31-24(37)12-7-17-14-18(28)8-10-20(17)25-33-35-36-34-25/h2-12,14-15,23H,13H2,1H3,(H,30,39)(H,31,37)(H,32,38)(H,33,34,35,36)/b12-7+/t23-/m0/s1. The Bertz CT molecular complexity index is 1530. The van der Waals surface area contributed by atoms with E-state index >= 15 is 0 Å². The Balaban J connectivity index is 1.52. The zero-order chi connectivity index (χ0) is 28.5. The molecule has 0 bridgehead atoms. The van der Waals surface area contributed by atoms with E-state index in [2.05, 4.69) is 41.3 Å². The van der Waals surface area contributed by atoms with Gasteiger partial charge in [0.15, 0.2) is 5.82 Å². The highest BCUT2D eigenvalue weighted by molar-refractivity contribution is 6.34. The number of aromatic amines is 1. The lowest BCUT2D eigenvalue weighted by molar-refractivity contribution is -0.123. The highest BCUT2D eigenvalue weighted by Gasteiger charge is 2.22. The molecule has 0 aliphatic rings. The van der Waals surface area contributed by atoms with Crippen molar-refractivity contribution in [1.29, 1.82) is 0 Å².